The summed E-state index contributed by atoms with van der Waals surface area (Å²) in [4.78, 5) is 14.6. The first kappa shape index (κ1) is 15.7. The van der Waals surface area contributed by atoms with Crippen LogP contribution in [0.4, 0.5) is 0 Å². The van der Waals surface area contributed by atoms with Gasteiger partial charge in [-0.1, -0.05) is 30.5 Å². The van der Waals surface area contributed by atoms with Gasteiger partial charge in [-0.3, -0.25) is 0 Å². The van der Waals surface area contributed by atoms with E-state index < -0.39 is 5.97 Å². The third-order valence-electron chi connectivity index (χ3n) is 2.77. The topological polar surface area (TPSA) is 26.3 Å². The normalized spacial score (nSPS) is 10.1. The van der Waals surface area contributed by atoms with Gasteiger partial charge >= 0.3 is 5.97 Å². The van der Waals surface area contributed by atoms with Gasteiger partial charge in [-0.15, -0.1) is 11.8 Å². The second kappa shape index (κ2) is 7.96. The first-order valence-electron chi connectivity index (χ1n) is 6.41. The molecule has 0 bridgehead atoms. The van der Waals surface area contributed by atoms with Crippen LogP contribution in [0.2, 0.25) is 0 Å². The number of thioether (sulfide) groups is 1. The molecule has 0 aliphatic carbocycles. The molecule has 21 heavy (non-hydrogen) atoms. The second-order valence-electron chi connectivity index (χ2n) is 4.23. The van der Waals surface area contributed by atoms with E-state index in [1.807, 2.05) is 24.3 Å². The van der Waals surface area contributed by atoms with E-state index in [9.17, 15) is 4.79 Å². The Morgan fingerprint density at radius 1 is 1.05 bits per heavy atom. The molecular weight excluding hydrogens is 300 g/mol. The maximum Gasteiger partial charge on any atom is 0.330 e. The van der Waals surface area contributed by atoms with Gasteiger partial charge in [0.15, 0.2) is 0 Å². The van der Waals surface area contributed by atoms with Crippen molar-refractivity contribution in [1.29, 1.82) is 0 Å². The average molecular weight is 316 g/mol. The highest BCUT2D eigenvalue weighted by Gasteiger charge is 2.01. The van der Waals surface area contributed by atoms with Crippen LogP contribution in [0.3, 0.4) is 0 Å². The largest absolute Gasteiger partial charge is 0.458 e. The van der Waals surface area contributed by atoms with Crippen molar-refractivity contribution in [2.24, 2.45) is 0 Å². The van der Waals surface area contributed by atoms with Crippen molar-refractivity contribution in [2.45, 2.75) is 21.3 Å². The molecule has 0 saturated heterocycles. The number of ether oxygens (including phenoxy) is 1. The minimum atomic E-state index is -0.401. The fourth-order valence-corrected chi connectivity index (χ4v) is 2.87. The van der Waals surface area contributed by atoms with Crippen LogP contribution in [0, 0.1) is 0 Å². The molecule has 0 unspecified atom stereocenters. The summed E-state index contributed by atoms with van der Waals surface area (Å²) in [6.45, 7) is 3.64. The maximum atomic E-state index is 11.0. The van der Waals surface area contributed by atoms with Crippen molar-refractivity contribution in [3.8, 4) is 0 Å². The van der Waals surface area contributed by atoms with E-state index in [-0.39, 0.29) is 6.61 Å². The highest BCUT2D eigenvalue weighted by Crippen LogP contribution is 2.29. The molecule has 4 heteroatoms. The van der Waals surface area contributed by atoms with Crippen molar-refractivity contribution in [3.63, 3.8) is 0 Å². The average Bonchev–Trinajstić information content (AvgIpc) is 2.54. The fourth-order valence-electron chi connectivity index (χ4n) is 1.65. The molecule has 0 atom stereocenters. The molecule has 0 saturated carbocycles. The molecule has 0 fully saturated rings. The van der Waals surface area contributed by atoms with Gasteiger partial charge in [-0.2, -0.15) is 0 Å². The van der Waals surface area contributed by atoms with E-state index in [1.54, 1.807) is 23.5 Å². The summed E-state index contributed by atoms with van der Waals surface area (Å²) in [5.74, 6) is -0.401. The summed E-state index contributed by atoms with van der Waals surface area (Å²) in [5.41, 5.74) is 0.965. The Morgan fingerprint density at radius 2 is 1.57 bits per heavy atom. The third-order valence-corrected chi connectivity index (χ3v) is 4.53. The molecule has 108 valence electrons. The van der Waals surface area contributed by atoms with Gasteiger partial charge in [0.05, 0.1) is 0 Å². The van der Waals surface area contributed by atoms with E-state index in [0.29, 0.717) is 0 Å². The highest BCUT2D eigenvalue weighted by molar-refractivity contribution is 7.99. The van der Waals surface area contributed by atoms with Crippen LogP contribution in [0.25, 0.3) is 0 Å². The standard InChI is InChI=1S/C17H16O2S2/c1-3-17(18)19-12-13-4-6-15(7-5-13)21-16-10-8-14(20-2)9-11-16/h3-11H,1,12H2,2H3. The zero-order valence-electron chi connectivity index (χ0n) is 11.7. The quantitative estimate of drug-likeness (QED) is 0.435. The number of hydrogen-bond donors (Lipinski definition) is 0. The Bertz CT molecular complexity index is 604. The summed E-state index contributed by atoms with van der Waals surface area (Å²) < 4.78 is 4.99. The van der Waals surface area contributed by atoms with E-state index >= 15 is 0 Å². The van der Waals surface area contributed by atoms with E-state index in [0.717, 1.165) is 10.5 Å². The lowest BCUT2D eigenvalue weighted by atomic mass is 10.2. The number of hydrogen-bond acceptors (Lipinski definition) is 4. The van der Waals surface area contributed by atoms with Gasteiger partial charge in [0.1, 0.15) is 6.61 Å². The fraction of sp³-hybridized carbons (Fsp3) is 0.118. The highest BCUT2D eigenvalue weighted by atomic mass is 32.2. The van der Waals surface area contributed by atoms with Crippen molar-refractivity contribution in [3.05, 3.63) is 66.7 Å². The number of rotatable bonds is 6. The van der Waals surface area contributed by atoms with Crippen LogP contribution in [0.15, 0.2) is 75.9 Å². The Balaban J connectivity index is 1.95. The van der Waals surface area contributed by atoms with Crippen LogP contribution < -0.4 is 0 Å². The smallest absolute Gasteiger partial charge is 0.330 e. The lowest BCUT2D eigenvalue weighted by Crippen LogP contribution is -1.99. The molecule has 2 nitrogen and oxygen atoms in total. The molecule has 0 aromatic heterocycles. The molecule has 2 aromatic carbocycles. The molecule has 0 aliphatic rings. The first-order chi connectivity index (χ1) is 10.2. The maximum absolute atomic E-state index is 11.0. The minimum Gasteiger partial charge on any atom is -0.458 e. The van der Waals surface area contributed by atoms with Crippen molar-refractivity contribution < 1.29 is 9.53 Å². The van der Waals surface area contributed by atoms with Gasteiger partial charge in [0, 0.05) is 20.8 Å². The zero-order valence-corrected chi connectivity index (χ0v) is 13.4. The van der Waals surface area contributed by atoms with Gasteiger partial charge in [0.25, 0.3) is 0 Å². The van der Waals surface area contributed by atoms with E-state index in [2.05, 4.69) is 37.1 Å². The Hall–Kier alpha value is -1.65. The molecule has 2 rings (SSSR count). The molecule has 0 aliphatic heterocycles. The molecule has 2 aromatic rings. The first-order valence-corrected chi connectivity index (χ1v) is 8.45. The Kier molecular flexibility index (Phi) is 5.96. The third kappa shape index (κ3) is 4.99. The molecule has 0 radical (unpaired) electrons. The summed E-state index contributed by atoms with van der Waals surface area (Å²) >= 11 is 3.45. The van der Waals surface area contributed by atoms with Crippen LogP contribution in [-0.2, 0) is 16.1 Å². The van der Waals surface area contributed by atoms with Crippen molar-refractivity contribution in [2.75, 3.05) is 6.26 Å². The second-order valence-corrected chi connectivity index (χ2v) is 6.26. The number of carbonyl (C=O) groups is 1. The number of esters is 1. The predicted octanol–water partition coefficient (Wildman–Crippen LogP) is 4.79. The Labute approximate surface area is 133 Å². The zero-order chi connectivity index (χ0) is 15.1. The van der Waals surface area contributed by atoms with Crippen molar-refractivity contribution >= 4 is 29.5 Å². The van der Waals surface area contributed by atoms with Gasteiger partial charge in [0.2, 0.25) is 0 Å². The van der Waals surface area contributed by atoms with Gasteiger partial charge in [-0.05, 0) is 48.2 Å². The number of benzene rings is 2. The Morgan fingerprint density at radius 3 is 2.10 bits per heavy atom. The van der Waals surface area contributed by atoms with Crippen molar-refractivity contribution in [1.82, 2.24) is 0 Å². The number of carbonyl (C=O) groups excluding carboxylic acids is 1. The van der Waals surface area contributed by atoms with Gasteiger partial charge in [-0.25, -0.2) is 4.79 Å². The molecular formula is C17H16O2S2. The molecule has 0 amide bonds. The van der Waals surface area contributed by atoms with E-state index in [4.69, 9.17) is 4.74 Å². The monoisotopic (exact) mass is 316 g/mol. The minimum absolute atomic E-state index is 0.276. The predicted molar refractivity (Wildman–Crippen MR) is 88.8 cm³/mol. The molecule has 0 heterocycles. The molecule has 0 spiro atoms. The van der Waals surface area contributed by atoms with Gasteiger partial charge < -0.3 is 4.74 Å². The van der Waals surface area contributed by atoms with Crippen LogP contribution >= 0.6 is 23.5 Å². The van der Waals surface area contributed by atoms with Crippen LogP contribution in [0.5, 0.6) is 0 Å². The summed E-state index contributed by atoms with van der Waals surface area (Å²) in [6.07, 6.45) is 3.24. The van der Waals surface area contributed by atoms with Crippen LogP contribution in [-0.4, -0.2) is 12.2 Å². The summed E-state index contributed by atoms with van der Waals surface area (Å²) in [6, 6.07) is 16.5. The SMILES string of the molecule is C=CC(=O)OCc1ccc(Sc2ccc(SC)cc2)cc1. The lowest BCUT2D eigenvalue weighted by molar-refractivity contribution is -0.138. The summed E-state index contributed by atoms with van der Waals surface area (Å²) in [5, 5.41) is 0. The summed E-state index contributed by atoms with van der Waals surface area (Å²) in [7, 11) is 0. The van der Waals surface area contributed by atoms with Crippen LogP contribution in [0.1, 0.15) is 5.56 Å². The lowest BCUT2D eigenvalue weighted by Gasteiger charge is -2.05. The van der Waals surface area contributed by atoms with E-state index in [1.165, 1.54) is 15.9 Å². The molecule has 0 N–H and O–H groups in total.